The van der Waals surface area contributed by atoms with Crippen molar-refractivity contribution >= 4 is 6.21 Å². The first-order valence-corrected chi connectivity index (χ1v) is 2.27. The lowest BCUT2D eigenvalue weighted by molar-refractivity contribution is 0.694. The topological polar surface area (TPSA) is 24.4 Å². The van der Waals surface area contributed by atoms with Gasteiger partial charge in [0.25, 0.3) is 0 Å². The highest BCUT2D eigenvalue weighted by Crippen LogP contribution is 1.94. The van der Waals surface area contributed by atoms with E-state index in [9.17, 15) is 0 Å². The average molecular weight is 112 g/mol. The zero-order chi connectivity index (χ0) is 5.28. The van der Waals surface area contributed by atoms with Crippen molar-refractivity contribution < 1.29 is 0 Å². The van der Waals surface area contributed by atoms with Gasteiger partial charge >= 0.3 is 0 Å². The second-order valence-electron chi connectivity index (χ2n) is 1.62. The van der Waals surface area contributed by atoms with Crippen LogP contribution < -0.4 is 5.32 Å². The standard InChI is InChI=1S/C5H8N2.CH4/c1-4-3-6-5(2)7-4;/h3,5,7H,1H2,2H3;1H4/t5-;/m0./s1. The summed E-state index contributed by atoms with van der Waals surface area (Å²) in [6.45, 7) is 5.62. The first kappa shape index (κ1) is 7.21. The summed E-state index contributed by atoms with van der Waals surface area (Å²) < 4.78 is 0. The molecule has 0 aromatic rings. The summed E-state index contributed by atoms with van der Waals surface area (Å²) in [6, 6.07) is 0. The van der Waals surface area contributed by atoms with Crippen molar-refractivity contribution in [1.29, 1.82) is 0 Å². The summed E-state index contributed by atoms with van der Waals surface area (Å²) in [5.41, 5.74) is 0.910. The maximum absolute atomic E-state index is 3.98. The van der Waals surface area contributed by atoms with Crippen LogP contribution in [-0.2, 0) is 0 Å². The lowest BCUT2D eigenvalue weighted by atomic mass is 10.5. The van der Waals surface area contributed by atoms with Crippen LogP contribution in [0.1, 0.15) is 14.4 Å². The highest BCUT2D eigenvalue weighted by molar-refractivity contribution is 5.78. The van der Waals surface area contributed by atoms with Gasteiger partial charge < -0.3 is 5.32 Å². The van der Waals surface area contributed by atoms with Gasteiger partial charge in [-0.15, -0.1) is 0 Å². The molecular weight excluding hydrogens is 100 g/mol. The summed E-state index contributed by atoms with van der Waals surface area (Å²) in [6.07, 6.45) is 1.98. The highest BCUT2D eigenvalue weighted by atomic mass is 15.1. The second-order valence-corrected chi connectivity index (χ2v) is 1.62. The van der Waals surface area contributed by atoms with E-state index in [1.807, 2.05) is 6.92 Å². The van der Waals surface area contributed by atoms with E-state index in [0.29, 0.717) is 0 Å². The maximum atomic E-state index is 3.98. The molecular formula is C6H12N2. The molecule has 46 valence electrons. The molecule has 0 saturated carbocycles. The Morgan fingerprint density at radius 1 is 1.88 bits per heavy atom. The molecule has 2 heteroatoms. The van der Waals surface area contributed by atoms with E-state index in [1.54, 1.807) is 6.21 Å². The Labute approximate surface area is 50.3 Å². The van der Waals surface area contributed by atoms with Crippen LogP contribution in [0.2, 0.25) is 0 Å². The van der Waals surface area contributed by atoms with Crippen molar-refractivity contribution in [1.82, 2.24) is 5.32 Å². The van der Waals surface area contributed by atoms with E-state index in [4.69, 9.17) is 0 Å². The molecule has 1 aliphatic heterocycles. The molecule has 0 bridgehead atoms. The van der Waals surface area contributed by atoms with Crippen LogP contribution in [0, 0.1) is 0 Å². The minimum atomic E-state index is 0. The lowest BCUT2D eigenvalue weighted by Crippen LogP contribution is -2.15. The van der Waals surface area contributed by atoms with Gasteiger partial charge in [-0.25, -0.2) is 0 Å². The summed E-state index contributed by atoms with van der Waals surface area (Å²) in [5.74, 6) is 0. The molecule has 0 spiro atoms. The molecule has 1 N–H and O–H groups in total. The molecule has 0 aliphatic carbocycles. The fourth-order valence-electron chi connectivity index (χ4n) is 0.545. The van der Waals surface area contributed by atoms with E-state index in [1.165, 1.54) is 0 Å². The third-order valence-corrected chi connectivity index (χ3v) is 0.848. The van der Waals surface area contributed by atoms with Crippen LogP contribution in [0.15, 0.2) is 17.3 Å². The molecule has 0 saturated heterocycles. The third kappa shape index (κ3) is 1.37. The zero-order valence-corrected chi connectivity index (χ0v) is 4.31. The predicted molar refractivity (Wildman–Crippen MR) is 37.0 cm³/mol. The third-order valence-electron chi connectivity index (χ3n) is 0.848. The molecule has 1 atom stereocenters. The van der Waals surface area contributed by atoms with Crippen molar-refractivity contribution in [2.24, 2.45) is 4.99 Å². The van der Waals surface area contributed by atoms with Gasteiger partial charge in [0.05, 0.1) is 0 Å². The van der Waals surface area contributed by atoms with Crippen molar-refractivity contribution in [2.45, 2.75) is 20.5 Å². The van der Waals surface area contributed by atoms with Crippen molar-refractivity contribution in [3.05, 3.63) is 12.3 Å². The Hall–Kier alpha value is -0.790. The Morgan fingerprint density at radius 2 is 2.50 bits per heavy atom. The molecule has 0 unspecified atom stereocenters. The second kappa shape index (κ2) is 2.50. The Bertz CT molecular complexity index is 116. The van der Waals surface area contributed by atoms with Crippen molar-refractivity contribution in [3.63, 3.8) is 0 Å². The number of nitrogens with one attached hydrogen (secondary N) is 1. The van der Waals surface area contributed by atoms with E-state index in [0.717, 1.165) is 5.70 Å². The number of hydrogen-bond donors (Lipinski definition) is 1. The largest absolute Gasteiger partial charge is 0.363 e. The SMILES string of the molecule is C.C=C1C=N[C@H](C)N1. The first-order valence-electron chi connectivity index (χ1n) is 2.27. The summed E-state index contributed by atoms with van der Waals surface area (Å²) in [5, 5.41) is 3.00. The number of rotatable bonds is 0. The number of aliphatic imine (C=N–C) groups is 1. The summed E-state index contributed by atoms with van der Waals surface area (Å²) in [4.78, 5) is 3.98. The smallest absolute Gasteiger partial charge is 0.115 e. The Balaban J connectivity index is 0.000000490. The maximum Gasteiger partial charge on any atom is 0.115 e. The number of nitrogens with zero attached hydrogens (tertiary/aromatic N) is 1. The summed E-state index contributed by atoms with van der Waals surface area (Å²) >= 11 is 0. The Kier molecular flexibility index (Phi) is 2.25. The van der Waals surface area contributed by atoms with Crippen LogP contribution in [0.4, 0.5) is 0 Å². The van der Waals surface area contributed by atoms with Gasteiger partial charge in [0.2, 0.25) is 0 Å². The van der Waals surface area contributed by atoms with E-state index in [2.05, 4.69) is 16.9 Å². The lowest BCUT2D eigenvalue weighted by Gasteiger charge is -1.97. The van der Waals surface area contributed by atoms with Gasteiger partial charge in [0.15, 0.2) is 0 Å². The fraction of sp³-hybridized carbons (Fsp3) is 0.500. The Morgan fingerprint density at radius 3 is 2.62 bits per heavy atom. The molecule has 2 nitrogen and oxygen atoms in total. The highest BCUT2D eigenvalue weighted by Gasteiger charge is 2.01. The monoisotopic (exact) mass is 112 g/mol. The average Bonchev–Trinajstić information content (AvgIpc) is 1.87. The molecule has 0 amide bonds. The fourth-order valence-corrected chi connectivity index (χ4v) is 0.545. The molecule has 0 aromatic carbocycles. The molecule has 1 rings (SSSR count). The van der Waals surface area contributed by atoms with Gasteiger partial charge in [-0.1, -0.05) is 14.0 Å². The van der Waals surface area contributed by atoms with Gasteiger partial charge in [0, 0.05) is 11.9 Å². The minimum absolute atomic E-state index is 0. The van der Waals surface area contributed by atoms with Crippen molar-refractivity contribution in [3.8, 4) is 0 Å². The molecule has 0 aromatic heterocycles. The van der Waals surface area contributed by atoms with Crippen LogP contribution in [0.3, 0.4) is 0 Å². The normalized spacial score (nSPS) is 24.6. The van der Waals surface area contributed by atoms with Crippen molar-refractivity contribution in [2.75, 3.05) is 0 Å². The van der Waals surface area contributed by atoms with Crippen LogP contribution in [0.25, 0.3) is 0 Å². The molecule has 8 heavy (non-hydrogen) atoms. The molecule has 0 radical (unpaired) electrons. The van der Waals surface area contributed by atoms with Crippen LogP contribution in [0.5, 0.6) is 0 Å². The quantitative estimate of drug-likeness (QED) is 0.499. The van der Waals surface area contributed by atoms with Gasteiger partial charge in [-0.05, 0) is 6.92 Å². The van der Waals surface area contributed by atoms with Gasteiger partial charge in [-0.3, -0.25) is 4.99 Å². The van der Waals surface area contributed by atoms with E-state index < -0.39 is 0 Å². The number of hydrogen-bond acceptors (Lipinski definition) is 2. The summed E-state index contributed by atoms with van der Waals surface area (Å²) in [7, 11) is 0. The molecule has 1 aliphatic rings. The van der Waals surface area contributed by atoms with Crippen LogP contribution in [-0.4, -0.2) is 12.4 Å². The zero-order valence-electron chi connectivity index (χ0n) is 4.31. The first-order chi connectivity index (χ1) is 3.29. The predicted octanol–water partition coefficient (Wildman–Crippen LogP) is 1.16. The van der Waals surface area contributed by atoms with Crippen LogP contribution >= 0.6 is 0 Å². The molecule has 0 fully saturated rings. The van der Waals surface area contributed by atoms with E-state index >= 15 is 0 Å². The number of allylic oxidation sites excluding steroid dienone is 1. The van der Waals surface area contributed by atoms with Gasteiger partial charge in [-0.2, -0.15) is 0 Å². The molecule has 1 heterocycles. The van der Waals surface area contributed by atoms with E-state index in [-0.39, 0.29) is 13.6 Å². The minimum Gasteiger partial charge on any atom is -0.363 e. The van der Waals surface area contributed by atoms with Gasteiger partial charge in [0.1, 0.15) is 6.17 Å².